The highest BCUT2D eigenvalue weighted by molar-refractivity contribution is 7.89. The van der Waals surface area contributed by atoms with Gasteiger partial charge in [0.05, 0.1) is 16.8 Å². The minimum Gasteiger partial charge on any atom is -0.474 e. The molecule has 0 saturated heterocycles. The van der Waals surface area contributed by atoms with Crippen molar-refractivity contribution < 1.29 is 17.5 Å². The molecule has 5 rings (SSSR count). The first kappa shape index (κ1) is 22.9. The van der Waals surface area contributed by atoms with Gasteiger partial charge in [-0.25, -0.2) is 22.2 Å². The number of hydrogen-bond acceptors (Lipinski definition) is 6. The largest absolute Gasteiger partial charge is 0.474 e. The molecule has 182 valence electrons. The summed E-state index contributed by atoms with van der Waals surface area (Å²) in [6, 6.07) is 4.71. The number of sulfonamides is 1. The van der Waals surface area contributed by atoms with Crippen LogP contribution in [-0.4, -0.2) is 34.5 Å². The molecule has 1 saturated carbocycles. The number of nitrogens with zero attached hydrogens (tertiary/aromatic N) is 3. The molecule has 0 amide bonds. The molecule has 11 heteroatoms. The highest BCUT2D eigenvalue weighted by Crippen LogP contribution is 2.39. The smallest absolute Gasteiger partial charge is 0.241 e. The van der Waals surface area contributed by atoms with E-state index in [-0.39, 0.29) is 40.1 Å². The van der Waals surface area contributed by atoms with Gasteiger partial charge >= 0.3 is 0 Å². The molecule has 3 aromatic rings. The number of rotatable bonds is 5. The molecule has 0 bridgehead atoms. The van der Waals surface area contributed by atoms with Gasteiger partial charge in [-0.15, -0.1) is 0 Å². The first-order chi connectivity index (χ1) is 16.0. The van der Waals surface area contributed by atoms with Crippen LogP contribution in [0, 0.1) is 5.82 Å². The summed E-state index contributed by atoms with van der Waals surface area (Å²) < 4.78 is 49.2. The summed E-state index contributed by atoms with van der Waals surface area (Å²) in [5.41, 5.74) is 2.32. The van der Waals surface area contributed by atoms with E-state index in [0.29, 0.717) is 5.82 Å². The van der Waals surface area contributed by atoms with Gasteiger partial charge < -0.3 is 10.1 Å². The number of halogens is 1. The monoisotopic (exact) mass is 488 g/mol. The molecule has 2 atom stereocenters. The number of H-pyrrole nitrogens is 1. The summed E-state index contributed by atoms with van der Waals surface area (Å²) in [6.45, 7) is 6.38. The van der Waals surface area contributed by atoms with Crippen LogP contribution in [0.4, 0.5) is 15.9 Å². The Morgan fingerprint density at radius 1 is 1.26 bits per heavy atom. The van der Waals surface area contributed by atoms with Crippen molar-refractivity contribution in [1.29, 1.82) is 0 Å². The van der Waals surface area contributed by atoms with Gasteiger partial charge in [0.15, 0.2) is 11.6 Å². The summed E-state index contributed by atoms with van der Waals surface area (Å²) in [5, 5.41) is 14.7. The second-order valence-electron chi connectivity index (χ2n) is 10.0. The first-order valence-electron chi connectivity index (χ1n) is 11.4. The molecule has 1 aliphatic heterocycles. The quantitative estimate of drug-likeness (QED) is 0.503. The number of fused-ring (bicyclic) bond motifs is 1. The number of anilines is 2. The molecule has 2 aliphatic rings. The van der Waals surface area contributed by atoms with Crippen molar-refractivity contribution in [2.24, 2.45) is 7.05 Å². The number of aromatic nitrogens is 4. The summed E-state index contributed by atoms with van der Waals surface area (Å²) >= 11 is 0. The van der Waals surface area contributed by atoms with Crippen molar-refractivity contribution >= 4 is 21.5 Å². The maximum absolute atomic E-state index is 14.9. The molecule has 2 unspecified atom stereocenters. The van der Waals surface area contributed by atoms with E-state index in [1.165, 1.54) is 12.1 Å². The van der Waals surface area contributed by atoms with Gasteiger partial charge in [0.1, 0.15) is 6.10 Å². The van der Waals surface area contributed by atoms with Gasteiger partial charge in [-0.1, -0.05) is 20.8 Å². The lowest BCUT2D eigenvalue weighted by molar-refractivity contribution is 0.186. The molecule has 3 heterocycles. The summed E-state index contributed by atoms with van der Waals surface area (Å²) in [6.07, 6.45) is 4.66. The Hall–Kier alpha value is -2.92. The van der Waals surface area contributed by atoms with Gasteiger partial charge in [-0.05, 0) is 36.8 Å². The van der Waals surface area contributed by atoms with Crippen molar-refractivity contribution in [3.63, 3.8) is 0 Å². The van der Waals surface area contributed by atoms with E-state index in [1.807, 2.05) is 19.3 Å². The van der Waals surface area contributed by atoms with Crippen LogP contribution < -0.4 is 14.8 Å². The van der Waals surface area contributed by atoms with Crippen LogP contribution in [0.2, 0.25) is 0 Å². The summed E-state index contributed by atoms with van der Waals surface area (Å²) in [5.74, 6) is 0.955. The zero-order chi connectivity index (χ0) is 24.3. The average Bonchev–Trinajstić information content (AvgIpc) is 3.52. The second-order valence-corrected chi connectivity index (χ2v) is 11.8. The van der Waals surface area contributed by atoms with Gasteiger partial charge in [-0.2, -0.15) is 10.2 Å². The molecular weight excluding hydrogens is 459 g/mol. The Labute approximate surface area is 198 Å². The highest BCUT2D eigenvalue weighted by Gasteiger charge is 2.32. The maximum Gasteiger partial charge on any atom is 0.241 e. The summed E-state index contributed by atoms with van der Waals surface area (Å²) in [4.78, 5) is -0.0155. The first-order valence-corrected chi connectivity index (χ1v) is 12.8. The van der Waals surface area contributed by atoms with Crippen molar-refractivity contribution in [3.05, 3.63) is 47.0 Å². The maximum atomic E-state index is 14.9. The second kappa shape index (κ2) is 8.09. The van der Waals surface area contributed by atoms with E-state index in [1.54, 1.807) is 4.68 Å². The molecule has 1 aromatic carbocycles. The van der Waals surface area contributed by atoms with Gasteiger partial charge in [0.2, 0.25) is 15.9 Å². The van der Waals surface area contributed by atoms with Crippen molar-refractivity contribution in [3.8, 4) is 5.88 Å². The topological polar surface area (TPSA) is 114 Å². The van der Waals surface area contributed by atoms with Gasteiger partial charge in [0.25, 0.3) is 0 Å². The number of ether oxygens (including phenoxy) is 1. The molecule has 34 heavy (non-hydrogen) atoms. The molecule has 1 aliphatic carbocycles. The van der Waals surface area contributed by atoms with E-state index in [0.717, 1.165) is 36.4 Å². The fraction of sp³-hybridized carbons (Fsp3) is 0.478. The molecule has 1 fully saturated rings. The summed E-state index contributed by atoms with van der Waals surface area (Å²) in [7, 11) is -1.72. The lowest BCUT2D eigenvalue weighted by atomic mass is 9.89. The molecule has 3 N–H and O–H groups in total. The number of hydrogen-bond donors (Lipinski definition) is 3. The number of benzene rings is 1. The van der Waals surface area contributed by atoms with Crippen LogP contribution >= 0.6 is 0 Å². The molecule has 9 nitrogen and oxygen atoms in total. The SMILES string of the molecule is Cn1ncc(C(C)(C)C)c1OC1CCC(c2cc(Nc3ccc4c(c3F)CNS4(=O)=O)n[nH]2)C1. The Morgan fingerprint density at radius 3 is 2.82 bits per heavy atom. The van der Waals surface area contributed by atoms with Gasteiger partial charge in [0, 0.05) is 42.4 Å². The molecule has 0 spiro atoms. The average molecular weight is 489 g/mol. The Balaban J connectivity index is 1.27. The van der Waals surface area contributed by atoms with Crippen LogP contribution in [0.25, 0.3) is 0 Å². The van der Waals surface area contributed by atoms with Crippen molar-refractivity contribution in [1.82, 2.24) is 24.7 Å². The van der Waals surface area contributed by atoms with E-state index in [2.05, 4.69) is 46.1 Å². The molecule has 2 aromatic heterocycles. The number of aryl methyl sites for hydroxylation is 1. The van der Waals surface area contributed by atoms with Crippen LogP contribution in [0.3, 0.4) is 0 Å². The van der Waals surface area contributed by atoms with Crippen LogP contribution in [-0.2, 0) is 29.0 Å². The fourth-order valence-electron chi connectivity index (χ4n) is 4.68. The highest BCUT2D eigenvalue weighted by atomic mass is 32.2. The third-order valence-electron chi connectivity index (χ3n) is 6.58. The van der Waals surface area contributed by atoms with Crippen LogP contribution in [0.1, 0.15) is 62.8 Å². The number of aromatic amines is 1. The van der Waals surface area contributed by atoms with Crippen molar-refractivity contribution in [2.75, 3.05) is 5.32 Å². The standard InChI is InChI=1S/C23H29FN6O3S/c1-23(2,3)16-12-25-30(4)22(16)33-14-6-5-13(9-14)18-10-20(29-28-18)27-17-7-8-19-15(21(17)24)11-26-34(19,31)32/h7-8,10,12-14,26H,5-6,9,11H2,1-4H3,(H2,27,28,29). The molecule has 0 radical (unpaired) electrons. The predicted octanol–water partition coefficient (Wildman–Crippen LogP) is 3.83. The van der Waals surface area contributed by atoms with Crippen molar-refractivity contribution in [2.45, 2.75) is 68.9 Å². The predicted molar refractivity (Wildman–Crippen MR) is 125 cm³/mol. The van der Waals surface area contributed by atoms with Crippen LogP contribution in [0.15, 0.2) is 29.3 Å². The van der Waals surface area contributed by atoms with E-state index >= 15 is 0 Å². The number of nitrogens with one attached hydrogen (secondary N) is 3. The van der Waals surface area contributed by atoms with Crippen LogP contribution in [0.5, 0.6) is 5.88 Å². The minimum atomic E-state index is -3.62. The van der Waals surface area contributed by atoms with Gasteiger partial charge in [-0.3, -0.25) is 5.10 Å². The fourth-order valence-corrected chi connectivity index (χ4v) is 5.90. The van der Waals surface area contributed by atoms with E-state index in [4.69, 9.17) is 4.74 Å². The third kappa shape index (κ3) is 4.07. The zero-order valence-electron chi connectivity index (χ0n) is 19.6. The third-order valence-corrected chi connectivity index (χ3v) is 8.07. The lowest BCUT2D eigenvalue weighted by Crippen LogP contribution is -2.18. The lowest BCUT2D eigenvalue weighted by Gasteiger charge is -2.21. The van der Waals surface area contributed by atoms with E-state index in [9.17, 15) is 12.8 Å². The Bertz CT molecular complexity index is 1340. The zero-order valence-corrected chi connectivity index (χ0v) is 20.5. The molecular formula is C23H29FN6O3S. The normalized spacial score (nSPS) is 21.6. The minimum absolute atomic E-state index is 0.0155. The van der Waals surface area contributed by atoms with E-state index < -0.39 is 15.8 Å². The Kier molecular flexibility index (Phi) is 5.44. The Morgan fingerprint density at radius 2 is 2.06 bits per heavy atom.